The number of aryl methyl sites for hydroxylation is 2. The third kappa shape index (κ3) is 3.97. The first-order chi connectivity index (χ1) is 13.6. The van der Waals surface area contributed by atoms with Crippen molar-refractivity contribution in [3.8, 4) is 0 Å². The van der Waals surface area contributed by atoms with Gasteiger partial charge in [0.25, 0.3) is 5.91 Å². The van der Waals surface area contributed by atoms with Crippen LogP contribution in [0.3, 0.4) is 0 Å². The van der Waals surface area contributed by atoms with Crippen molar-refractivity contribution in [2.45, 2.75) is 38.1 Å². The van der Waals surface area contributed by atoms with E-state index in [1.54, 1.807) is 0 Å². The Kier molecular flexibility index (Phi) is 5.49. The van der Waals surface area contributed by atoms with Crippen LogP contribution in [0, 0.1) is 0 Å². The van der Waals surface area contributed by atoms with E-state index in [0.717, 1.165) is 30.3 Å². The van der Waals surface area contributed by atoms with Gasteiger partial charge < -0.3 is 15.2 Å². The van der Waals surface area contributed by atoms with Crippen molar-refractivity contribution in [3.63, 3.8) is 0 Å². The quantitative estimate of drug-likeness (QED) is 0.685. The van der Waals surface area contributed by atoms with Gasteiger partial charge in [-0.3, -0.25) is 4.79 Å². The topological polar surface area (TPSA) is 48.1 Å². The van der Waals surface area contributed by atoms with Gasteiger partial charge in [0.1, 0.15) is 0 Å². The first-order valence-electron chi connectivity index (χ1n) is 10.2. The summed E-state index contributed by atoms with van der Waals surface area (Å²) in [5.41, 5.74) is 5.95. The number of likely N-dealkylation sites (N-methyl/N-ethyl adjacent to an activating group) is 1. The van der Waals surface area contributed by atoms with E-state index in [1.165, 1.54) is 35.0 Å². The molecule has 3 aromatic rings. The smallest absolute Gasteiger partial charge is 0.251 e. The number of hydrogen-bond acceptors (Lipinski definition) is 2. The third-order valence-electron chi connectivity index (χ3n) is 5.90. The summed E-state index contributed by atoms with van der Waals surface area (Å²) >= 11 is 0. The number of rotatable bonds is 6. The Balaban J connectivity index is 1.46. The summed E-state index contributed by atoms with van der Waals surface area (Å²) in [6, 6.07) is 16.7. The summed E-state index contributed by atoms with van der Waals surface area (Å²) in [7, 11) is 4.13. The third-order valence-corrected chi connectivity index (χ3v) is 5.90. The first-order valence-corrected chi connectivity index (χ1v) is 10.2. The van der Waals surface area contributed by atoms with Gasteiger partial charge >= 0.3 is 0 Å². The number of nitrogens with one attached hydrogen (secondary N) is 2. The molecular formula is C24H29N3O. The van der Waals surface area contributed by atoms with Gasteiger partial charge in [-0.15, -0.1) is 0 Å². The molecule has 0 saturated heterocycles. The van der Waals surface area contributed by atoms with Crippen LogP contribution < -0.4 is 5.32 Å². The van der Waals surface area contributed by atoms with Crippen molar-refractivity contribution >= 4 is 16.8 Å². The maximum Gasteiger partial charge on any atom is 0.251 e. The van der Waals surface area contributed by atoms with Gasteiger partial charge in [-0.25, -0.2) is 0 Å². The number of hydrogen-bond donors (Lipinski definition) is 2. The van der Waals surface area contributed by atoms with Gasteiger partial charge in [-0.05, 0) is 75.5 Å². The largest absolute Gasteiger partial charge is 0.358 e. The molecule has 1 heterocycles. The lowest BCUT2D eigenvalue weighted by Crippen LogP contribution is -2.41. The fourth-order valence-electron chi connectivity index (χ4n) is 4.18. The molecule has 4 nitrogen and oxygen atoms in total. The molecule has 1 aromatic heterocycles. The Hall–Kier alpha value is -2.59. The molecule has 4 rings (SSSR count). The molecule has 1 amide bonds. The Morgan fingerprint density at radius 1 is 1.11 bits per heavy atom. The summed E-state index contributed by atoms with van der Waals surface area (Å²) in [5.74, 6) is 0.00701. The minimum absolute atomic E-state index is 0.00701. The fourth-order valence-corrected chi connectivity index (χ4v) is 4.18. The van der Waals surface area contributed by atoms with E-state index in [9.17, 15) is 4.79 Å². The second kappa shape index (κ2) is 8.19. The highest BCUT2D eigenvalue weighted by Crippen LogP contribution is 2.29. The average molecular weight is 376 g/mol. The van der Waals surface area contributed by atoms with Crippen molar-refractivity contribution in [2.24, 2.45) is 0 Å². The average Bonchev–Trinajstić information content (AvgIpc) is 3.09. The molecule has 1 aliphatic rings. The van der Waals surface area contributed by atoms with E-state index >= 15 is 0 Å². The Morgan fingerprint density at radius 2 is 1.89 bits per heavy atom. The molecule has 146 valence electrons. The maximum absolute atomic E-state index is 12.8. The number of carbonyl (C=O) groups is 1. The predicted molar refractivity (Wildman–Crippen MR) is 115 cm³/mol. The van der Waals surface area contributed by atoms with Crippen LogP contribution in [-0.4, -0.2) is 42.5 Å². The summed E-state index contributed by atoms with van der Waals surface area (Å²) < 4.78 is 0. The van der Waals surface area contributed by atoms with Crippen molar-refractivity contribution in [3.05, 3.63) is 70.9 Å². The SMILES string of the molecule is CN(C)C(CNC(=O)c1ccc2[nH]c3c(c2c1)CCCC3)Cc1ccccc1. The van der Waals surface area contributed by atoms with E-state index in [1.807, 2.05) is 12.1 Å². The molecule has 1 unspecified atom stereocenters. The van der Waals surface area contributed by atoms with Gasteiger partial charge in [0.15, 0.2) is 0 Å². The van der Waals surface area contributed by atoms with Crippen LogP contribution in [0.2, 0.25) is 0 Å². The molecule has 0 saturated carbocycles. The van der Waals surface area contributed by atoms with Crippen LogP contribution in [0.25, 0.3) is 10.9 Å². The van der Waals surface area contributed by atoms with E-state index in [0.29, 0.717) is 6.54 Å². The van der Waals surface area contributed by atoms with Crippen LogP contribution in [0.1, 0.15) is 40.0 Å². The Morgan fingerprint density at radius 3 is 2.68 bits per heavy atom. The van der Waals surface area contributed by atoms with Crippen molar-refractivity contribution in [1.29, 1.82) is 0 Å². The molecule has 0 bridgehead atoms. The highest BCUT2D eigenvalue weighted by atomic mass is 16.1. The van der Waals surface area contributed by atoms with E-state index in [2.05, 4.69) is 65.7 Å². The Labute approximate surface area is 166 Å². The highest BCUT2D eigenvalue weighted by Gasteiger charge is 2.18. The zero-order valence-corrected chi connectivity index (χ0v) is 16.8. The van der Waals surface area contributed by atoms with Crippen LogP contribution in [0.4, 0.5) is 0 Å². The number of nitrogens with zero attached hydrogens (tertiary/aromatic N) is 1. The number of amides is 1. The highest BCUT2D eigenvalue weighted by molar-refractivity contribution is 5.99. The van der Waals surface area contributed by atoms with Gasteiger partial charge in [0.2, 0.25) is 0 Å². The molecular weight excluding hydrogens is 346 g/mol. The minimum Gasteiger partial charge on any atom is -0.358 e. The molecule has 28 heavy (non-hydrogen) atoms. The second-order valence-electron chi connectivity index (χ2n) is 8.07. The maximum atomic E-state index is 12.8. The number of H-pyrrole nitrogens is 1. The number of aromatic amines is 1. The number of benzene rings is 2. The number of fused-ring (bicyclic) bond motifs is 3. The molecule has 0 fully saturated rings. The zero-order chi connectivity index (χ0) is 19.5. The fraction of sp³-hybridized carbons (Fsp3) is 0.375. The summed E-state index contributed by atoms with van der Waals surface area (Å²) in [6.45, 7) is 0.629. The molecule has 2 N–H and O–H groups in total. The molecule has 4 heteroatoms. The normalized spacial score (nSPS) is 14.8. The van der Waals surface area contributed by atoms with Crippen molar-refractivity contribution in [2.75, 3.05) is 20.6 Å². The van der Waals surface area contributed by atoms with Crippen LogP contribution in [0.5, 0.6) is 0 Å². The van der Waals surface area contributed by atoms with Crippen LogP contribution in [0.15, 0.2) is 48.5 Å². The summed E-state index contributed by atoms with van der Waals surface area (Å²) in [4.78, 5) is 18.5. The number of aromatic nitrogens is 1. The van der Waals surface area contributed by atoms with Gasteiger partial charge in [0.05, 0.1) is 0 Å². The second-order valence-corrected chi connectivity index (χ2v) is 8.07. The van der Waals surface area contributed by atoms with Crippen LogP contribution >= 0.6 is 0 Å². The Bertz CT molecular complexity index is 959. The molecule has 1 aliphatic carbocycles. The van der Waals surface area contributed by atoms with E-state index in [4.69, 9.17) is 0 Å². The van der Waals surface area contributed by atoms with Gasteiger partial charge in [-0.2, -0.15) is 0 Å². The zero-order valence-electron chi connectivity index (χ0n) is 16.8. The van der Waals surface area contributed by atoms with Crippen LogP contribution in [-0.2, 0) is 19.3 Å². The molecule has 0 aliphatic heterocycles. The lowest BCUT2D eigenvalue weighted by Gasteiger charge is -2.25. The monoisotopic (exact) mass is 375 g/mol. The van der Waals surface area contributed by atoms with E-state index < -0.39 is 0 Å². The van der Waals surface area contributed by atoms with Crippen molar-refractivity contribution in [1.82, 2.24) is 15.2 Å². The summed E-state index contributed by atoms with van der Waals surface area (Å²) in [5, 5.41) is 4.37. The first kappa shape index (κ1) is 18.8. The number of carbonyl (C=O) groups excluding carboxylic acids is 1. The molecule has 0 spiro atoms. The summed E-state index contributed by atoms with van der Waals surface area (Å²) in [6.07, 6.45) is 5.63. The predicted octanol–water partition coefficient (Wildman–Crippen LogP) is 3.95. The molecule has 0 radical (unpaired) electrons. The van der Waals surface area contributed by atoms with E-state index in [-0.39, 0.29) is 11.9 Å². The molecule has 2 aromatic carbocycles. The van der Waals surface area contributed by atoms with Gasteiger partial charge in [-0.1, -0.05) is 30.3 Å². The lowest BCUT2D eigenvalue weighted by molar-refractivity contribution is 0.0942. The standard InChI is InChI=1S/C24H29N3O/c1-27(2)19(14-17-8-4-3-5-9-17)16-25-24(28)18-12-13-23-21(15-18)20-10-6-7-11-22(20)26-23/h3-5,8-9,12-13,15,19,26H,6-7,10-11,14,16H2,1-2H3,(H,25,28). The molecule has 1 atom stereocenters. The lowest BCUT2D eigenvalue weighted by atomic mass is 9.95. The van der Waals surface area contributed by atoms with Crippen molar-refractivity contribution < 1.29 is 4.79 Å². The van der Waals surface area contributed by atoms with Gasteiger partial charge in [0, 0.05) is 34.7 Å². The minimum atomic E-state index is 0.00701.